The van der Waals surface area contributed by atoms with Crippen molar-refractivity contribution >= 4 is 0 Å². The summed E-state index contributed by atoms with van der Waals surface area (Å²) < 4.78 is 5.47. The molecular weight excluding hydrogens is 238 g/mol. The molecule has 0 atom stereocenters. The first kappa shape index (κ1) is 14.4. The van der Waals surface area contributed by atoms with Gasteiger partial charge < -0.3 is 15.0 Å². The molecule has 0 spiro atoms. The van der Waals surface area contributed by atoms with Gasteiger partial charge >= 0.3 is 0 Å². The normalized spacial score (nSPS) is 18.7. The lowest BCUT2D eigenvalue weighted by Gasteiger charge is -2.40. The van der Waals surface area contributed by atoms with Crippen LogP contribution in [0.1, 0.15) is 18.4 Å². The van der Waals surface area contributed by atoms with Gasteiger partial charge in [0.25, 0.3) is 0 Å². The molecule has 0 amide bonds. The third-order valence-electron chi connectivity index (χ3n) is 3.92. The number of piperidine rings is 1. The number of ether oxygens (including phenoxy) is 1. The van der Waals surface area contributed by atoms with Crippen LogP contribution in [0, 0.1) is 5.41 Å². The fraction of sp³-hybridized carbons (Fsp3) is 0.667. The largest absolute Gasteiger partial charge is 0.384 e. The molecule has 1 aromatic rings. The number of rotatable bonds is 6. The Bertz CT molecular complexity index is 357. The highest BCUT2D eigenvalue weighted by Crippen LogP contribution is 2.30. The van der Waals surface area contributed by atoms with Gasteiger partial charge in [0.1, 0.15) is 0 Å². The Morgan fingerprint density at radius 2 is 2.00 bits per heavy atom. The van der Waals surface area contributed by atoms with Gasteiger partial charge in [0, 0.05) is 38.0 Å². The van der Waals surface area contributed by atoms with E-state index >= 15 is 0 Å². The van der Waals surface area contributed by atoms with Gasteiger partial charge in [0.2, 0.25) is 0 Å². The van der Waals surface area contributed by atoms with Crippen molar-refractivity contribution in [1.29, 1.82) is 0 Å². The fourth-order valence-electron chi connectivity index (χ4n) is 3.04. The summed E-state index contributed by atoms with van der Waals surface area (Å²) in [6.45, 7) is 5.13. The number of nitrogens with zero attached hydrogens (tertiary/aromatic N) is 2. The highest BCUT2D eigenvalue weighted by Gasteiger charge is 2.33. The van der Waals surface area contributed by atoms with E-state index in [0.717, 1.165) is 32.8 Å². The molecule has 1 aliphatic heterocycles. The van der Waals surface area contributed by atoms with Crippen LogP contribution in [0.5, 0.6) is 0 Å². The van der Waals surface area contributed by atoms with E-state index < -0.39 is 0 Å². The highest BCUT2D eigenvalue weighted by atomic mass is 16.5. The van der Waals surface area contributed by atoms with Crippen LogP contribution in [0.4, 0.5) is 0 Å². The third kappa shape index (κ3) is 4.27. The maximum atomic E-state index is 5.47. The minimum atomic E-state index is 0.307. The number of hydrogen-bond donors (Lipinski definition) is 1. The van der Waals surface area contributed by atoms with Crippen molar-refractivity contribution in [3.63, 3.8) is 0 Å². The molecule has 2 heterocycles. The maximum absolute atomic E-state index is 5.47. The SMILES string of the molecule is COCC1(CN(C)Cc2ccncc2)CCNCC1. The maximum Gasteiger partial charge on any atom is 0.0531 e. The van der Waals surface area contributed by atoms with Crippen LogP contribution in [-0.4, -0.2) is 50.3 Å². The Hall–Kier alpha value is -0.970. The van der Waals surface area contributed by atoms with Gasteiger partial charge in [0.05, 0.1) is 6.61 Å². The van der Waals surface area contributed by atoms with E-state index in [9.17, 15) is 0 Å². The molecule has 0 aliphatic carbocycles. The third-order valence-corrected chi connectivity index (χ3v) is 3.92. The lowest BCUT2D eigenvalue weighted by Crippen LogP contribution is -2.46. The predicted octanol–water partition coefficient (Wildman–Crippen LogP) is 1.53. The summed E-state index contributed by atoms with van der Waals surface area (Å²) >= 11 is 0. The number of aromatic nitrogens is 1. The Balaban J connectivity index is 1.93. The lowest BCUT2D eigenvalue weighted by atomic mass is 9.79. The molecule has 1 saturated heterocycles. The van der Waals surface area contributed by atoms with E-state index in [0.29, 0.717) is 5.41 Å². The molecule has 106 valence electrons. The Morgan fingerprint density at radius 1 is 1.32 bits per heavy atom. The summed E-state index contributed by atoms with van der Waals surface area (Å²) in [5.41, 5.74) is 1.63. The molecule has 0 aromatic carbocycles. The van der Waals surface area contributed by atoms with Gasteiger partial charge in [-0.05, 0) is 50.7 Å². The minimum Gasteiger partial charge on any atom is -0.384 e. The second-order valence-corrected chi connectivity index (χ2v) is 5.71. The summed E-state index contributed by atoms with van der Waals surface area (Å²) in [5.74, 6) is 0. The molecule has 0 radical (unpaired) electrons. The Morgan fingerprint density at radius 3 is 2.63 bits per heavy atom. The van der Waals surface area contributed by atoms with Crippen molar-refractivity contribution in [1.82, 2.24) is 15.2 Å². The van der Waals surface area contributed by atoms with Crippen LogP contribution in [0.3, 0.4) is 0 Å². The summed E-state index contributed by atoms with van der Waals surface area (Å²) in [4.78, 5) is 6.47. The minimum absolute atomic E-state index is 0.307. The summed E-state index contributed by atoms with van der Waals surface area (Å²) in [6.07, 6.45) is 6.11. The topological polar surface area (TPSA) is 37.4 Å². The zero-order valence-electron chi connectivity index (χ0n) is 12.1. The average molecular weight is 263 g/mol. The van der Waals surface area contributed by atoms with Crippen LogP contribution >= 0.6 is 0 Å². The van der Waals surface area contributed by atoms with Gasteiger partial charge in [-0.15, -0.1) is 0 Å². The zero-order valence-corrected chi connectivity index (χ0v) is 12.1. The first-order valence-electron chi connectivity index (χ1n) is 7.01. The van der Waals surface area contributed by atoms with Crippen LogP contribution < -0.4 is 5.32 Å². The van der Waals surface area contributed by atoms with Crippen LogP contribution in [0.15, 0.2) is 24.5 Å². The quantitative estimate of drug-likeness (QED) is 0.844. The van der Waals surface area contributed by atoms with Crippen molar-refractivity contribution in [2.24, 2.45) is 5.41 Å². The molecule has 1 N–H and O–H groups in total. The van der Waals surface area contributed by atoms with Crippen LogP contribution in [0.25, 0.3) is 0 Å². The van der Waals surface area contributed by atoms with Crippen molar-refractivity contribution < 1.29 is 4.74 Å². The molecular formula is C15H25N3O. The first-order chi connectivity index (χ1) is 9.24. The summed E-state index contributed by atoms with van der Waals surface area (Å²) in [5, 5.41) is 3.44. The van der Waals surface area contributed by atoms with E-state index in [1.165, 1.54) is 18.4 Å². The molecule has 1 fully saturated rings. The van der Waals surface area contributed by atoms with Gasteiger partial charge in [-0.2, -0.15) is 0 Å². The van der Waals surface area contributed by atoms with Crippen molar-refractivity contribution in [2.45, 2.75) is 19.4 Å². The Kier molecular flexibility index (Phi) is 5.31. The first-order valence-corrected chi connectivity index (χ1v) is 7.01. The average Bonchev–Trinajstić information content (AvgIpc) is 2.40. The van der Waals surface area contributed by atoms with Crippen LogP contribution in [-0.2, 0) is 11.3 Å². The van der Waals surface area contributed by atoms with Gasteiger partial charge in [0.15, 0.2) is 0 Å². The van der Waals surface area contributed by atoms with Crippen molar-refractivity contribution in [3.8, 4) is 0 Å². The number of nitrogens with one attached hydrogen (secondary N) is 1. The van der Waals surface area contributed by atoms with E-state index in [1.807, 2.05) is 19.5 Å². The van der Waals surface area contributed by atoms with Crippen molar-refractivity contribution in [3.05, 3.63) is 30.1 Å². The lowest BCUT2D eigenvalue weighted by molar-refractivity contribution is 0.0269. The fourth-order valence-corrected chi connectivity index (χ4v) is 3.04. The molecule has 4 heteroatoms. The van der Waals surface area contributed by atoms with Gasteiger partial charge in [-0.3, -0.25) is 4.98 Å². The predicted molar refractivity (Wildman–Crippen MR) is 77.0 cm³/mol. The molecule has 2 rings (SSSR count). The molecule has 1 aliphatic rings. The molecule has 4 nitrogen and oxygen atoms in total. The van der Waals surface area contributed by atoms with Crippen LogP contribution in [0.2, 0.25) is 0 Å². The monoisotopic (exact) mass is 263 g/mol. The van der Waals surface area contributed by atoms with E-state index in [2.05, 4.69) is 34.4 Å². The number of pyridine rings is 1. The second-order valence-electron chi connectivity index (χ2n) is 5.71. The van der Waals surface area contributed by atoms with E-state index in [-0.39, 0.29) is 0 Å². The van der Waals surface area contributed by atoms with E-state index in [4.69, 9.17) is 4.74 Å². The smallest absolute Gasteiger partial charge is 0.0531 e. The standard InChI is InChI=1S/C15H25N3O/c1-18(11-14-3-7-16-8-4-14)12-15(13-19-2)5-9-17-10-6-15/h3-4,7-8,17H,5-6,9-13H2,1-2H3. The van der Waals surface area contributed by atoms with Gasteiger partial charge in [-0.1, -0.05) is 0 Å². The number of hydrogen-bond acceptors (Lipinski definition) is 4. The van der Waals surface area contributed by atoms with Crippen molar-refractivity contribution in [2.75, 3.05) is 40.4 Å². The summed E-state index contributed by atoms with van der Waals surface area (Å²) in [6, 6.07) is 4.17. The Labute approximate surface area is 116 Å². The van der Waals surface area contributed by atoms with Gasteiger partial charge in [-0.25, -0.2) is 0 Å². The molecule has 0 unspecified atom stereocenters. The molecule has 1 aromatic heterocycles. The molecule has 19 heavy (non-hydrogen) atoms. The highest BCUT2D eigenvalue weighted by molar-refractivity contribution is 5.09. The zero-order chi connectivity index (χ0) is 13.6. The molecule has 0 bridgehead atoms. The molecule has 0 saturated carbocycles. The summed E-state index contributed by atoms with van der Waals surface area (Å²) in [7, 11) is 4.01. The second kappa shape index (κ2) is 6.98. The number of methoxy groups -OCH3 is 1. The van der Waals surface area contributed by atoms with E-state index in [1.54, 1.807) is 0 Å².